The molecule has 1 aromatic carbocycles. The fraction of sp³-hybridized carbons (Fsp3) is 0.771. The Morgan fingerprint density at radius 3 is 2.26 bits per heavy atom. The summed E-state index contributed by atoms with van der Waals surface area (Å²) in [5.41, 5.74) is -3.89. The van der Waals surface area contributed by atoms with Crippen LogP contribution in [-0.2, 0) is 33.2 Å². The number of rotatable bonds is 10. The summed E-state index contributed by atoms with van der Waals surface area (Å²) in [5.74, 6) is -2.10. The maximum atomic E-state index is 13.9. The zero-order chi connectivity index (χ0) is 33.7. The number of fused-ring (bicyclic) bond motifs is 2. The normalized spacial score (nSPS) is 47.4. The van der Waals surface area contributed by atoms with Gasteiger partial charge in [-0.1, -0.05) is 6.92 Å². The van der Waals surface area contributed by atoms with E-state index in [9.17, 15) is 19.8 Å². The highest BCUT2D eigenvalue weighted by molar-refractivity contribution is 5.89. The van der Waals surface area contributed by atoms with Crippen LogP contribution >= 0.6 is 0 Å². The van der Waals surface area contributed by atoms with Crippen molar-refractivity contribution in [2.45, 2.75) is 80.9 Å². The molecule has 0 amide bonds. The predicted octanol–water partition coefficient (Wildman–Crippen LogP) is 1.69. The van der Waals surface area contributed by atoms with Crippen molar-refractivity contribution in [3.8, 4) is 5.75 Å². The lowest BCUT2D eigenvalue weighted by Crippen LogP contribution is -2.79. The number of likely N-dealkylation sites (tertiary alicyclic amines) is 1. The molecule has 5 aliphatic carbocycles. The van der Waals surface area contributed by atoms with Crippen LogP contribution in [0.4, 0.5) is 0 Å². The van der Waals surface area contributed by atoms with Crippen LogP contribution in [0.3, 0.4) is 0 Å². The Kier molecular flexibility index (Phi) is 8.02. The fourth-order valence-electron chi connectivity index (χ4n) is 12.4. The zero-order valence-corrected chi connectivity index (χ0v) is 28.3. The SMILES string of the molecule is CCN1C[C@]2(COC)[C@H](O)C[C@H](OC)[C@]34C1[C@H]([C@H](OC)[C@H]23)[C@@]1(OC(C)=O)C[C@H](OC)[C@]2(O)C[C@@H]4[C@@H]1[C@H]2OC(=O)c1ccc(OC)cc1. The van der Waals surface area contributed by atoms with Crippen LogP contribution in [0.2, 0.25) is 0 Å². The first-order valence-electron chi connectivity index (χ1n) is 16.7. The standard InChI is InChI=1S/C35H49NO11/c1-8-36-16-32(17-41-3)22(38)13-23(43-5)35-21-14-33(40)24(44-6)15-34(47-18(2)37,26(29(35)36)27(45-7)28(32)35)25(21)30(33)46-31(39)19-9-11-20(42-4)12-10-19/h9-12,21-30,38,40H,8,13-17H2,1-7H3/t21-,22-,23+,24+,25-,26+,27+,28-,29?,30-,32+,33-,34-,35+/m1/s1. The molecule has 0 radical (unpaired) electrons. The number of esters is 2. The molecular weight excluding hydrogens is 610 g/mol. The number of benzene rings is 1. The van der Waals surface area contributed by atoms with Crippen molar-refractivity contribution in [2.24, 2.45) is 34.5 Å². The van der Waals surface area contributed by atoms with Gasteiger partial charge in [-0.15, -0.1) is 0 Å². The molecule has 14 atom stereocenters. The smallest absolute Gasteiger partial charge is 0.338 e. The van der Waals surface area contributed by atoms with Gasteiger partial charge in [0.1, 0.15) is 23.1 Å². The highest BCUT2D eigenvalue weighted by Gasteiger charge is 2.90. The third-order valence-corrected chi connectivity index (χ3v) is 13.4. The fourth-order valence-corrected chi connectivity index (χ4v) is 12.4. The molecule has 5 saturated carbocycles. The Hall–Kier alpha value is -2.32. The van der Waals surface area contributed by atoms with Crippen molar-refractivity contribution >= 4 is 11.9 Å². The third-order valence-electron chi connectivity index (χ3n) is 13.4. The zero-order valence-electron chi connectivity index (χ0n) is 28.3. The lowest BCUT2D eigenvalue weighted by molar-refractivity contribution is -0.300. The van der Waals surface area contributed by atoms with E-state index in [-0.39, 0.29) is 30.7 Å². The molecule has 7 rings (SSSR count). The van der Waals surface area contributed by atoms with Gasteiger partial charge in [0.15, 0.2) is 0 Å². The van der Waals surface area contributed by atoms with Crippen LogP contribution < -0.4 is 4.74 Å². The van der Waals surface area contributed by atoms with Gasteiger partial charge in [0.25, 0.3) is 0 Å². The number of hydrogen-bond acceptors (Lipinski definition) is 12. The van der Waals surface area contributed by atoms with Crippen molar-refractivity contribution in [1.29, 1.82) is 0 Å². The number of nitrogens with zero attached hydrogens (tertiary/aromatic N) is 1. The second-order valence-electron chi connectivity index (χ2n) is 14.7. The maximum absolute atomic E-state index is 13.9. The molecular formula is C35H49NO11. The third kappa shape index (κ3) is 4.00. The van der Waals surface area contributed by atoms with Gasteiger partial charge in [0, 0.05) is 89.4 Å². The monoisotopic (exact) mass is 659 g/mol. The average molecular weight is 660 g/mol. The van der Waals surface area contributed by atoms with Gasteiger partial charge in [-0.2, -0.15) is 0 Å². The molecule has 1 saturated heterocycles. The van der Waals surface area contributed by atoms with Crippen LogP contribution in [0.25, 0.3) is 0 Å². The quantitative estimate of drug-likeness (QED) is 0.353. The van der Waals surface area contributed by atoms with E-state index >= 15 is 0 Å². The van der Waals surface area contributed by atoms with Crippen molar-refractivity contribution in [3.63, 3.8) is 0 Å². The van der Waals surface area contributed by atoms with E-state index in [1.807, 2.05) is 0 Å². The number of ether oxygens (including phenoxy) is 7. The van der Waals surface area contributed by atoms with Gasteiger partial charge in [0.2, 0.25) is 0 Å². The number of carbonyl (C=O) groups excluding carboxylic acids is 2. The van der Waals surface area contributed by atoms with E-state index in [1.165, 1.54) is 14.0 Å². The van der Waals surface area contributed by atoms with E-state index in [0.29, 0.717) is 37.4 Å². The lowest BCUT2D eigenvalue weighted by Gasteiger charge is -2.70. The molecule has 2 N–H and O–H groups in total. The molecule has 1 unspecified atom stereocenters. The van der Waals surface area contributed by atoms with Crippen LogP contribution in [0.5, 0.6) is 5.75 Å². The minimum Gasteiger partial charge on any atom is -0.497 e. The van der Waals surface area contributed by atoms with E-state index in [1.54, 1.807) is 52.7 Å². The van der Waals surface area contributed by atoms with E-state index in [4.69, 9.17) is 33.2 Å². The molecule has 1 heterocycles. The van der Waals surface area contributed by atoms with Crippen molar-refractivity contribution in [3.05, 3.63) is 29.8 Å². The van der Waals surface area contributed by atoms with E-state index < -0.39 is 76.3 Å². The molecule has 7 bridgehead atoms. The minimum atomic E-state index is -1.58. The predicted molar refractivity (Wildman–Crippen MR) is 166 cm³/mol. The summed E-state index contributed by atoms with van der Waals surface area (Å²) in [6.07, 6.45) is -2.70. The van der Waals surface area contributed by atoms with Gasteiger partial charge < -0.3 is 43.4 Å². The van der Waals surface area contributed by atoms with Crippen LogP contribution in [0.1, 0.15) is 43.5 Å². The number of carbonyl (C=O) groups is 2. The van der Waals surface area contributed by atoms with Crippen LogP contribution in [-0.4, -0.2) is 130 Å². The Labute approximate surface area is 275 Å². The largest absolute Gasteiger partial charge is 0.497 e. The van der Waals surface area contributed by atoms with E-state index in [2.05, 4.69) is 11.8 Å². The topological polar surface area (TPSA) is 142 Å². The number of aliphatic hydroxyl groups excluding tert-OH is 1. The Balaban J connectivity index is 1.47. The maximum Gasteiger partial charge on any atom is 0.338 e. The van der Waals surface area contributed by atoms with Crippen LogP contribution in [0.15, 0.2) is 24.3 Å². The Morgan fingerprint density at radius 1 is 0.979 bits per heavy atom. The van der Waals surface area contributed by atoms with Crippen molar-refractivity contribution in [1.82, 2.24) is 4.90 Å². The van der Waals surface area contributed by atoms with Crippen molar-refractivity contribution < 1.29 is 53.0 Å². The molecule has 6 aliphatic rings. The summed E-state index contributed by atoms with van der Waals surface area (Å²) in [6.45, 7) is 5.04. The lowest BCUT2D eigenvalue weighted by atomic mass is 9.42. The number of methoxy groups -OCH3 is 5. The molecule has 12 heteroatoms. The first-order valence-corrected chi connectivity index (χ1v) is 16.7. The first kappa shape index (κ1) is 33.2. The molecule has 6 fully saturated rings. The van der Waals surface area contributed by atoms with E-state index in [0.717, 1.165) is 0 Å². The molecule has 260 valence electrons. The molecule has 47 heavy (non-hydrogen) atoms. The van der Waals surface area contributed by atoms with Gasteiger partial charge in [-0.05, 0) is 43.1 Å². The number of hydrogen-bond donors (Lipinski definition) is 2. The minimum absolute atomic E-state index is 0.179. The molecule has 0 aromatic heterocycles. The number of aliphatic hydroxyl groups is 2. The summed E-state index contributed by atoms with van der Waals surface area (Å²) in [4.78, 5) is 29.5. The van der Waals surface area contributed by atoms with Gasteiger partial charge in [0.05, 0.1) is 43.7 Å². The molecule has 12 nitrogen and oxygen atoms in total. The van der Waals surface area contributed by atoms with Gasteiger partial charge >= 0.3 is 11.9 Å². The Bertz CT molecular complexity index is 1390. The summed E-state index contributed by atoms with van der Waals surface area (Å²) >= 11 is 0. The average Bonchev–Trinajstić information content (AvgIpc) is 3.43. The summed E-state index contributed by atoms with van der Waals surface area (Å²) in [6, 6.07) is 6.44. The first-order chi connectivity index (χ1) is 22.5. The molecule has 1 aliphatic heterocycles. The van der Waals surface area contributed by atoms with Gasteiger partial charge in [-0.3, -0.25) is 9.69 Å². The Morgan fingerprint density at radius 2 is 1.68 bits per heavy atom. The second kappa shape index (κ2) is 11.4. The van der Waals surface area contributed by atoms with Crippen molar-refractivity contribution in [2.75, 3.05) is 55.2 Å². The molecule has 1 spiro atoms. The highest BCUT2D eigenvalue weighted by atomic mass is 16.6. The van der Waals surface area contributed by atoms with Gasteiger partial charge in [-0.25, -0.2) is 4.79 Å². The second-order valence-corrected chi connectivity index (χ2v) is 14.7. The number of piperidine rings is 1. The van der Waals surface area contributed by atoms with Crippen LogP contribution in [0, 0.1) is 34.5 Å². The summed E-state index contributed by atoms with van der Waals surface area (Å²) < 4.78 is 43.2. The summed E-state index contributed by atoms with van der Waals surface area (Å²) in [5, 5.41) is 24.8. The highest BCUT2D eigenvalue weighted by Crippen LogP contribution is 2.80. The summed E-state index contributed by atoms with van der Waals surface area (Å²) in [7, 11) is 8.11. The molecule has 1 aromatic rings.